The summed E-state index contributed by atoms with van der Waals surface area (Å²) < 4.78 is 23.8. The van der Waals surface area contributed by atoms with Gasteiger partial charge in [0.05, 0.1) is 17.0 Å². The number of guanidine groups is 1. The van der Waals surface area contributed by atoms with Crippen molar-refractivity contribution < 1.29 is 8.42 Å². The van der Waals surface area contributed by atoms with E-state index in [1.165, 1.54) is 5.56 Å². The minimum Gasteiger partial charge on any atom is -0.357 e. The molecule has 1 aromatic carbocycles. The van der Waals surface area contributed by atoms with Crippen molar-refractivity contribution in [2.45, 2.75) is 57.9 Å². The van der Waals surface area contributed by atoms with Crippen LogP contribution in [0.1, 0.15) is 46.1 Å². The zero-order valence-electron chi connectivity index (χ0n) is 17.7. The molecule has 0 unspecified atom stereocenters. The van der Waals surface area contributed by atoms with Crippen molar-refractivity contribution in [3.63, 3.8) is 0 Å². The van der Waals surface area contributed by atoms with Gasteiger partial charge in [0.1, 0.15) is 0 Å². The normalized spacial score (nSPS) is 17.5. The molecule has 0 aromatic heterocycles. The van der Waals surface area contributed by atoms with Crippen molar-refractivity contribution in [1.82, 2.24) is 15.5 Å². The number of nitrogens with zero attached hydrogens (tertiary/aromatic N) is 2. The molecule has 0 saturated carbocycles. The van der Waals surface area contributed by atoms with Crippen LogP contribution in [0.3, 0.4) is 0 Å². The molecule has 1 aliphatic heterocycles. The molecule has 0 radical (unpaired) electrons. The van der Waals surface area contributed by atoms with Gasteiger partial charge in [-0.2, -0.15) is 0 Å². The summed E-state index contributed by atoms with van der Waals surface area (Å²) in [7, 11) is -3.15. The van der Waals surface area contributed by atoms with Gasteiger partial charge in [-0.05, 0) is 46.1 Å². The van der Waals surface area contributed by atoms with Gasteiger partial charge < -0.3 is 10.6 Å². The van der Waals surface area contributed by atoms with E-state index in [0.717, 1.165) is 39.0 Å². The fourth-order valence-corrected chi connectivity index (χ4v) is 4.12. The van der Waals surface area contributed by atoms with Crippen LogP contribution in [0, 0.1) is 0 Å². The first-order chi connectivity index (χ1) is 13.2. The van der Waals surface area contributed by atoms with Crippen LogP contribution in [-0.4, -0.2) is 62.0 Å². The van der Waals surface area contributed by atoms with Crippen molar-refractivity contribution in [3.05, 3.63) is 35.9 Å². The van der Waals surface area contributed by atoms with Gasteiger partial charge in [0.2, 0.25) is 0 Å². The van der Waals surface area contributed by atoms with Crippen LogP contribution < -0.4 is 10.6 Å². The van der Waals surface area contributed by atoms with E-state index >= 15 is 0 Å². The topological polar surface area (TPSA) is 73.8 Å². The van der Waals surface area contributed by atoms with Crippen LogP contribution in [0.2, 0.25) is 0 Å². The number of hydrogen-bond donors (Lipinski definition) is 2. The summed E-state index contributed by atoms with van der Waals surface area (Å²) >= 11 is 0. The van der Waals surface area contributed by atoms with E-state index in [4.69, 9.17) is 0 Å². The first-order valence-corrected chi connectivity index (χ1v) is 11.9. The quantitative estimate of drug-likeness (QED) is 0.535. The van der Waals surface area contributed by atoms with E-state index in [1.807, 2.05) is 13.0 Å². The van der Waals surface area contributed by atoms with Gasteiger partial charge in [0, 0.05) is 32.2 Å². The van der Waals surface area contributed by atoms with Crippen LogP contribution in [0.25, 0.3) is 0 Å². The molecule has 1 aliphatic rings. The standard InChI is InChI=1S/C21H36N4O2S/c1-5-22-20(23-13-16-28(26,27)21(2,3)4)24-19-11-14-25(15-12-19)17-18-9-7-6-8-10-18/h6-10,19H,5,11-17H2,1-4H3,(H2,22,23,24). The number of piperidine rings is 1. The maximum atomic E-state index is 12.3. The van der Waals surface area contributed by atoms with Crippen LogP contribution in [0.5, 0.6) is 0 Å². The molecular formula is C21H36N4O2S. The Morgan fingerprint density at radius 3 is 2.39 bits per heavy atom. The Kier molecular flexibility index (Phi) is 8.31. The molecule has 0 spiro atoms. The third-order valence-electron chi connectivity index (χ3n) is 5.08. The molecule has 1 aromatic rings. The predicted octanol–water partition coefficient (Wildman–Crippen LogP) is 2.42. The van der Waals surface area contributed by atoms with Crippen molar-refractivity contribution >= 4 is 15.8 Å². The zero-order valence-corrected chi connectivity index (χ0v) is 18.6. The van der Waals surface area contributed by atoms with E-state index in [2.05, 4.69) is 44.8 Å². The highest BCUT2D eigenvalue weighted by Crippen LogP contribution is 2.16. The number of benzene rings is 1. The molecule has 6 nitrogen and oxygen atoms in total. The molecule has 0 bridgehead atoms. The fraction of sp³-hybridized carbons (Fsp3) is 0.667. The minimum absolute atomic E-state index is 0.0720. The lowest BCUT2D eigenvalue weighted by Crippen LogP contribution is -2.48. The Bertz CT molecular complexity index is 719. The fourth-order valence-electron chi connectivity index (χ4n) is 3.17. The molecule has 0 aliphatic carbocycles. The van der Waals surface area contributed by atoms with Crippen molar-refractivity contribution in [2.75, 3.05) is 31.9 Å². The number of sulfone groups is 1. The van der Waals surface area contributed by atoms with Crippen LogP contribution in [-0.2, 0) is 16.4 Å². The summed E-state index contributed by atoms with van der Waals surface area (Å²) in [5.74, 6) is 0.788. The maximum absolute atomic E-state index is 12.3. The second-order valence-corrected chi connectivity index (χ2v) is 11.2. The summed E-state index contributed by atoms with van der Waals surface area (Å²) in [5.41, 5.74) is 1.35. The smallest absolute Gasteiger partial charge is 0.191 e. The predicted molar refractivity (Wildman–Crippen MR) is 117 cm³/mol. The molecule has 2 N–H and O–H groups in total. The van der Waals surface area contributed by atoms with Crippen LogP contribution >= 0.6 is 0 Å². The summed E-state index contributed by atoms with van der Waals surface area (Å²) in [4.78, 5) is 6.97. The van der Waals surface area contributed by atoms with Gasteiger partial charge in [0.25, 0.3) is 0 Å². The monoisotopic (exact) mass is 408 g/mol. The Morgan fingerprint density at radius 1 is 1.18 bits per heavy atom. The molecular weight excluding hydrogens is 372 g/mol. The van der Waals surface area contributed by atoms with Crippen molar-refractivity contribution in [3.8, 4) is 0 Å². The van der Waals surface area contributed by atoms with Gasteiger partial charge in [-0.3, -0.25) is 9.89 Å². The van der Waals surface area contributed by atoms with Gasteiger partial charge in [-0.15, -0.1) is 0 Å². The molecule has 158 valence electrons. The lowest BCUT2D eigenvalue weighted by molar-refractivity contribution is 0.198. The lowest BCUT2D eigenvalue weighted by atomic mass is 10.0. The number of nitrogens with one attached hydrogen (secondary N) is 2. The first-order valence-electron chi connectivity index (χ1n) is 10.2. The van der Waals surface area contributed by atoms with E-state index in [1.54, 1.807) is 20.8 Å². The SMILES string of the molecule is CCNC(=NCCS(=O)(=O)C(C)(C)C)NC1CCN(Cc2ccccc2)CC1. The second kappa shape index (κ2) is 10.3. The molecule has 2 rings (SSSR count). The molecule has 1 fully saturated rings. The van der Waals surface area contributed by atoms with Gasteiger partial charge in [-0.1, -0.05) is 30.3 Å². The summed E-state index contributed by atoms with van der Waals surface area (Å²) in [6.07, 6.45) is 2.11. The largest absolute Gasteiger partial charge is 0.357 e. The van der Waals surface area contributed by atoms with Gasteiger partial charge in [-0.25, -0.2) is 8.42 Å². The average molecular weight is 409 g/mol. The highest BCUT2D eigenvalue weighted by molar-refractivity contribution is 7.92. The Labute approximate surface area is 170 Å². The second-order valence-electron chi connectivity index (χ2n) is 8.37. The molecule has 1 saturated heterocycles. The molecule has 0 atom stereocenters. The third-order valence-corrected chi connectivity index (χ3v) is 7.67. The summed E-state index contributed by atoms with van der Waals surface area (Å²) in [6, 6.07) is 10.9. The maximum Gasteiger partial charge on any atom is 0.191 e. The van der Waals surface area contributed by atoms with E-state index < -0.39 is 14.6 Å². The minimum atomic E-state index is -3.15. The summed E-state index contributed by atoms with van der Waals surface area (Å²) in [6.45, 7) is 11.3. The Hall–Kier alpha value is -1.60. The molecule has 28 heavy (non-hydrogen) atoms. The summed E-state index contributed by atoms with van der Waals surface area (Å²) in [5, 5.41) is 6.72. The zero-order chi connectivity index (χ0) is 20.6. The number of rotatable bonds is 7. The average Bonchev–Trinajstić information content (AvgIpc) is 2.63. The Balaban J connectivity index is 1.82. The van der Waals surface area contributed by atoms with Crippen LogP contribution in [0.4, 0.5) is 0 Å². The third kappa shape index (κ3) is 7.09. The molecule has 1 heterocycles. The van der Waals surface area contributed by atoms with Crippen molar-refractivity contribution in [2.24, 2.45) is 4.99 Å². The highest BCUT2D eigenvalue weighted by atomic mass is 32.2. The first kappa shape index (κ1) is 22.7. The lowest BCUT2D eigenvalue weighted by Gasteiger charge is -2.33. The number of hydrogen-bond acceptors (Lipinski definition) is 4. The number of likely N-dealkylation sites (tertiary alicyclic amines) is 1. The Morgan fingerprint density at radius 2 is 1.82 bits per heavy atom. The van der Waals surface area contributed by atoms with E-state index in [-0.39, 0.29) is 12.3 Å². The van der Waals surface area contributed by atoms with E-state index in [0.29, 0.717) is 12.0 Å². The van der Waals surface area contributed by atoms with Crippen LogP contribution in [0.15, 0.2) is 35.3 Å². The van der Waals surface area contributed by atoms with Crippen molar-refractivity contribution in [1.29, 1.82) is 0 Å². The van der Waals surface area contributed by atoms with E-state index in [9.17, 15) is 8.42 Å². The molecule has 7 heteroatoms. The van der Waals surface area contributed by atoms with Gasteiger partial charge in [0.15, 0.2) is 15.8 Å². The molecule has 0 amide bonds. The number of aliphatic imine (C=N–C) groups is 1. The van der Waals surface area contributed by atoms with Gasteiger partial charge >= 0.3 is 0 Å². The highest BCUT2D eigenvalue weighted by Gasteiger charge is 2.28.